The third-order valence-electron chi connectivity index (χ3n) is 2.78. The van der Waals surface area contributed by atoms with Crippen LogP contribution in [0.2, 0.25) is 0 Å². The Morgan fingerprint density at radius 3 is 2.53 bits per heavy atom. The largest absolute Gasteiger partial charge is 0.497 e. The number of hydrogen-bond donors (Lipinski definition) is 1. The number of nitrogen functional groups attached to an aromatic ring is 1. The Hall–Kier alpha value is -1.68. The van der Waals surface area contributed by atoms with Gasteiger partial charge in [-0.15, -0.1) is 11.8 Å². The zero-order valence-corrected chi connectivity index (χ0v) is 11.5. The topological polar surface area (TPSA) is 35.2 Å². The summed E-state index contributed by atoms with van der Waals surface area (Å²) in [6.07, 6.45) is 0.936. The molecule has 0 aliphatic rings. The number of nitrogens with two attached hydrogens (primary N) is 1. The fourth-order valence-corrected chi connectivity index (χ4v) is 2.67. The fraction of sp³-hybridized carbons (Fsp3) is 0.200. The van der Waals surface area contributed by atoms with Crippen LogP contribution < -0.4 is 10.5 Å². The van der Waals surface area contributed by atoms with Crippen molar-refractivity contribution in [3.05, 3.63) is 53.8 Å². The number of methoxy groups -OCH3 is 1. The summed E-state index contributed by atoms with van der Waals surface area (Å²) in [4.78, 5) is 0.926. The minimum atomic E-state index is -0.294. The maximum Gasteiger partial charge on any atom is 0.125 e. The molecule has 2 nitrogen and oxygen atoms in total. The molecule has 0 fully saturated rings. The molecule has 0 heterocycles. The highest BCUT2D eigenvalue weighted by Crippen LogP contribution is 2.26. The molecule has 0 atom stereocenters. The molecule has 0 aromatic heterocycles. The molecule has 0 amide bonds. The number of ether oxygens (including phenoxy) is 1. The lowest BCUT2D eigenvalue weighted by Crippen LogP contribution is -1.93. The van der Waals surface area contributed by atoms with Gasteiger partial charge in [0, 0.05) is 16.3 Å². The van der Waals surface area contributed by atoms with Crippen LogP contribution in [0.3, 0.4) is 0 Å². The van der Waals surface area contributed by atoms with Gasteiger partial charge in [0.25, 0.3) is 0 Å². The first-order valence-electron chi connectivity index (χ1n) is 6.00. The van der Waals surface area contributed by atoms with Gasteiger partial charge in [0.1, 0.15) is 11.6 Å². The third-order valence-corrected chi connectivity index (χ3v) is 3.87. The van der Waals surface area contributed by atoms with Gasteiger partial charge in [-0.25, -0.2) is 4.39 Å². The normalized spacial score (nSPS) is 10.4. The van der Waals surface area contributed by atoms with Crippen LogP contribution in [0.25, 0.3) is 0 Å². The van der Waals surface area contributed by atoms with Crippen molar-refractivity contribution in [3.8, 4) is 5.75 Å². The molecule has 0 saturated heterocycles. The lowest BCUT2D eigenvalue weighted by molar-refractivity contribution is 0.414. The Kier molecular flexibility index (Phi) is 4.68. The summed E-state index contributed by atoms with van der Waals surface area (Å²) in [5, 5.41) is 0. The second-order valence-corrected chi connectivity index (χ2v) is 5.27. The molecule has 0 bridgehead atoms. The zero-order chi connectivity index (χ0) is 13.7. The summed E-state index contributed by atoms with van der Waals surface area (Å²) in [5.41, 5.74) is 7.51. The number of halogens is 1. The van der Waals surface area contributed by atoms with E-state index < -0.39 is 0 Å². The fourth-order valence-electron chi connectivity index (χ4n) is 1.72. The van der Waals surface area contributed by atoms with Crippen molar-refractivity contribution in [3.63, 3.8) is 0 Å². The Bertz CT molecular complexity index is 542. The van der Waals surface area contributed by atoms with Crippen LogP contribution in [-0.2, 0) is 6.42 Å². The predicted molar refractivity (Wildman–Crippen MR) is 78.2 cm³/mol. The minimum absolute atomic E-state index is 0.294. The Balaban J connectivity index is 1.88. The first-order valence-corrected chi connectivity index (χ1v) is 6.98. The average molecular weight is 277 g/mol. The van der Waals surface area contributed by atoms with Crippen molar-refractivity contribution >= 4 is 17.4 Å². The highest BCUT2D eigenvalue weighted by Gasteiger charge is 2.02. The van der Waals surface area contributed by atoms with E-state index in [2.05, 4.69) is 0 Å². The van der Waals surface area contributed by atoms with E-state index in [0.29, 0.717) is 5.69 Å². The van der Waals surface area contributed by atoms with E-state index in [1.165, 1.54) is 17.7 Å². The first-order chi connectivity index (χ1) is 9.19. The van der Waals surface area contributed by atoms with Gasteiger partial charge >= 0.3 is 0 Å². The molecule has 2 rings (SSSR count). The molecule has 19 heavy (non-hydrogen) atoms. The number of aryl methyl sites for hydroxylation is 1. The lowest BCUT2D eigenvalue weighted by Gasteiger charge is -2.06. The van der Waals surface area contributed by atoms with Gasteiger partial charge < -0.3 is 10.5 Å². The molecule has 0 spiro atoms. The molecule has 2 aromatic carbocycles. The summed E-state index contributed by atoms with van der Waals surface area (Å²) in [7, 11) is 1.65. The quantitative estimate of drug-likeness (QED) is 0.667. The smallest absolute Gasteiger partial charge is 0.125 e. The monoisotopic (exact) mass is 277 g/mol. The summed E-state index contributed by atoms with van der Waals surface area (Å²) in [5.74, 6) is 1.47. The summed E-state index contributed by atoms with van der Waals surface area (Å²) < 4.78 is 18.0. The van der Waals surface area contributed by atoms with E-state index in [9.17, 15) is 4.39 Å². The van der Waals surface area contributed by atoms with Crippen molar-refractivity contribution in [2.75, 3.05) is 18.6 Å². The van der Waals surface area contributed by atoms with Crippen molar-refractivity contribution in [1.82, 2.24) is 0 Å². The molecule has 4 heteroatoms. The standard InChI is InChI=1S/C15H16FNOS/c1-18-13-5-2-11(3-6-13)8-9-19-15-7-4-12(16)10-14(15)17/h2-7,10H,8-9,17H2,1H3. The van der Waals surface area contributed by atoms with E-state index in [-0.39, 0.29) is 5.82 Å². The van der Waals surface area contributed by atoms with Crippen LogP contribution in [0.4, 0.5) is 10.1 Å². The second-order valence-electron chi connectivity index (χ2n) is 4.13. The number of thioether (sulfide) groups is 1. The minimum Gasteiger partial charge on any atom is -0.497 e. The number of anilines is 1. The van der Waals surface area contributed by atoms with Crippen LogP contribution in [0.15, 0.2) is 47.4 Å². The van der Waals surface area contributed by atoms with Gasteiger partial charge in [-0.1, -0.05) is 12.1 Å². The van der Waals surface area contributed by atoms with Crippen molar-refractivity contribution in [1.29, 1.82) is 0 Å². The number of rotatable bonds is 5. The molecule has 0 unspecified atom stereocenters. The van der Waals surface area contributed by atoms with Gasteiger partial charge in [-0.3, -0.25) is 0 Å². The maximum absolute atomic E-state index is 12.9. The Morgan fingerprint density at radius 1 is 1.16 bits per heavy atom. The molecular weight excluding hydrogens is 261 g/mol. The second kappa shape index (κ2) is 6.48. The van der Waals surface area contributed by atoms with E-state index in [1.807, 2.05) is 24.3 Å². The molecule has 0 saturated carbocycles. The molecule has 0 aliphatic carbocycles. The molecule has 0 radical (unpaired) electrons. The van der Waals surface area contributed by atoms with Crippen molar-refractivity contribution < 1.29 is 9.13 Å². The summed E-state index contributed by atoms with van der Waals surface area (Å²) >= 11 is 1.64. The van der Waals surface area contributed by atoms with Gasteiger partial charge in [0.05, 0.1) is 7.11 Å². The van der Waals surface area contributed by atoms with Crippen LogP contribution in [0, 0.1) is 5.82 Å². The molecule has 2 aromatic rings. The Morgan fingerprint density at radius 2 is 1.89 bits per heavy atom. The molecule has 0 aliphatic heterocycles. The molecule has 2 N–H and O–H groups in total. The van der Waals surface area contributed by atoms with Crippen LogP contribution in [0.5, 0.6) is 5.75 Å². The van der Waals surface area contributed by atoms with E-state index in [4.69, 9.17) is 10.5 Å². The summed E-state index contributed by atoms with van der Waals surface area (Å²) in [6.45, 7) is 0. The molecule has 100 valence electrons. The maximum atomic E-state index is 12.9. The summed E-state index contributed by atoms with van der Waals surface area (Å²) in [6, 6.07) is 12.5. The van der Waals surface area contributed by atoms with E-state index in [0.717, 1.165) is 22.8 Å². The highest BCUT2D eigenvalue weighted by molar-refractivity contribution is 7.99. The van der Waals surface area contributed by atoms with Crippen molar-refractivity contribution in [2.45, 2.75) is 11.3 Å². The van der Waals surface area contributed by atoms with Gasteiger partial charge in [0.2, 0.25) is 0 Å². The zero-order valence-electron chi connectivity index (χ0n) is 10.7. The number of hydrogen-bond acceptors (Lipinski definition) is 3. The van der Waals surface area contributed by atoms with E-state index >= 15 is 0 Å². The predicted octanol–water partition coefficient (Wildman–Crippen LogP) is 3.75. The van der Waals surface area contributed by atoms with E-state index in [1.54, 1.807) is 24.9 Å². The van der Waals surface area contributed by atoms with Crippen LogP contribution >= 0.6 is 11.8 Å². The van der Waals surface area contributed by atoms with Gasteiger partial charge in [-0.2, -0.15) is 0 Å². The molecular formula is C15H16FNOS. The van der Waals surface area contributed by atoms with Crippen LogP contribution in [-0.4, -0.2) is 12.9 Å². The Labute approximate surface area is 116 Å². The van der Waals surface area contributed by atoms with Crippen LogP contribution in [0.1, 0.15) is 5.56 Å². The van der Waals surface area contributed by atoms with Gasteiger partial charge in [-0.05, 0) is 42.3 Å². The lowest BCUT2D eigenvalue weighted by atomic mass is 10.2. The average Bonchev–Trinajstić information content (AvgIpc) is 2.42. The van der Waals surface area contributed by atoms with Crippen molar-refractivity contribution in [2.24, 2.45) is 0 Å². The first kappa shape index (κ1) is 13.7. The SMILES string of the molecule is COc1ccc(CCSc2ccc(F)cc2N)cc1. The highest BCUT2D eigenvalue weighted by atomic mass is 32.2. The number of benzene rings is 2. The third kappa shape index (κ3) is 3.89. The van der Waals surface area contributed by atoms with Gasteiger partial charge in [0.15, 0.2) is 0 Å².